The molecule has 0 heterocycles. The summed E-state index contributed by atoms with van der Waals surface area (Å²) in [7, 11) is -5.59. The zero-order valence-electron chi connectivity index (χ0n) is 8.19. The number of carbonyl (C=O) groups excluding carboxylic acids is 1. The standard InChI is InChI=1S/C6H11F3NO5P/c1-2-3-10-5(11)15-4(6(7,8)9)16(12,13)14/h4H,2-3H2,1H3,(H,10,11)(H2,12,13,14)/t4-/m0/s1. The molecule has 1 atom stereocenters. The number of halogens is 3. The van der Waals surface area contributed by atoms with E-state index in [2.05, 4.69) is 4.74 Å². The Morgan fingerprint density at radius 2 is 2.00 bits per heavy atom. The molecule has 16 heavy (non-hydrogen) atoms. The fourth-order valence-corrected chi connectivity index (χ4v) is 1.31. The Bertz CT molecular complexity index is 288. The maximum Gasteiger partial charge on any atom is 0.437 e. The van der Waals surface area contributed by atoms with Crippen molar-refractivity contribution < 1.29 is 37.1 Å². The van der Waals surface area contributed by atoms with E-state index in [0.717, 1.165) is 0 Å². The molecular formula is C6H11F3NO5P. The zero-order chi connectivity index (χ0) is 13.0. The minimum atomic E-state index is -5.59. The number of rotatable bonds is 4. The summed E-state index contributed by atoms with van der Waals surface area (Å²) in [6.07, 6.45) is -6.39. The number of hydrogen-bond donors (Lipinski definition) is 3. The van der Waals surface area contributed by atoms with Gasteiger partial charge in [0.05, 0.1) is 0 Å². The van der Waals surface area contributed by atoms with Crippen LogP contribution in [0.2, 0.25) is 0 Å². The van der Waals surface area contributed by atoms with Crippen molar-refractivity contribution in [2.45, 2.75) is 25.4 Å². The van der Waals surface area contributed by atoms with Gasteiger partial charge in [-0.3, -0.25) is 4.57 Å². The van der Waals surface area contributed by atoms with Crippen molar-refractivity contribution >= 4 is 13.7 Å². The fourth-order valence-electron chi connectivity index (χ4n) is 0.696. The summed E-state index contributed by atoms with van der Waals surface area (Å²) in [5.41, 5.74) is 0. The lowest BCUT2D eigenvalue weighted by molar-refractivity contribution is -0.181. The molecule has 10 heteroatoms. The van der Waals surface area contributed by atoms with E-state index in [-0.39, 0.29) is 6.54 Å². The highest BCUT2D eigenvalue weighted by Gasteiger charge is 2.54. The molecule has 0 unspecified atom stereocenters. The van der Waals surface area contributed by atoms with Gasteiger partial charge in [-0.15, -0.1) is 0 Å². The van der Waals surface area contributed by atoms with Gasteiger partial charge in [-0.2, -0.15) is 13.2 Å². The van der Waals surface area contributed by atoms with Gasteiger partial charge in [-0.25, -0.2) is 4.79 Å². The maximum absolute atomic E-state index is 12.1. The van der Waals surface area contributed by atoms with Gasteiger partial charge in [-0.05, 0) is 6.42 Å². The van der Waals surface area contributed by atoms with Crippen molar-refractivity contribution in [2.75, 3.05) is 6.54 Å². The van der Waals surface area contributed by atoms with Crippen molar-refractivity contribution in [3.63, 3.8) is 0 Å². The van der Waals surface area contributed by atoms with Crippen LogP contribution >= 0.6 is 7.60 Å². The number of hydrogen-bond acceptors (Lipinski definition) is 3. The highest BCUT2D eigenvalue weighted by Crippen LogP contribution is 2.49. The first kappa shape index (κ1) is 15.2. The molecule has 0 saturated heterocycles. The Morgan fingerprint density at radius 1 is 1.50 bits per heavy atom. The van der Waals surface area contributed by atoms with Crippen LogP contribution in [-0.4, -0.2) is 34.4 Å². The van der Waals surface area contributed by atoms with Crippen LogP contribution in [0.25, 0.3) is 0 Å². The summed E-state index contributed by atoms with van der Waals surface area (Å²) in [5, 5.41) is 1.90. The topological polar surface area (TPSA) is 95.9 Å². The third kappa shape index (κ3) is 5.34. The SMILES string of the molecule is CCCNC(=O)O[C@H](C(F)(F)F)P(=O)(O)O. The molecule has 0 fully saturated rings. The molecule has 0 radical (unpaired) electrons. The first-order valence-corrected chi connectivity index (χ1v) is 5.83. The second-order valence-corrected chi connectivity index (χ2v) is 4.46. The van der Waals surface area contributed by atoms with E-state index < -0.39 is 25.7 Å². The molecule has 96 valence electrons. The van der Waals surface area contributed by atoms with E-state index in [1.54, 1.807) is 6.92 Å². The largest absolute Gasteiger partial charge is 0.437 e. The Labute approximate surface area is 88.9 Å². The molecule has 6 nitrogen and oxygen atoms in total. The second-order valence-electron chi connectivity index (χ2n) is 2.82. The van der Waals surface area contributed by atoms with E-state index in [9.17, 15) is 22.5 Å². The van der Waals surface area contributed by atoms with E-state index in [1.165, 1.54) is 0 Å². The number of carbonyl (C=O) groups is 1. The van der Waals surface area contributed by atoms with Crippen molar-refractivity contribution in [3.05, 3.63) is 0 Å². The van der Waals surface area contributed by atoms with Crippen molar-refractivity contribution in [1.29, 1.82) is 0 Å². The molecule has 0 bridgehead atoms. The predicted molar refractivity (Wildman–Crippen MR) is 46.7 cm³/mol. The molecule has 0 spiro atoms. The third-order valence-electron chi connectivity index (χ3n) is 1.32. The third-order valence-corrected chi connectivity index (χ3v) is 2.33. The summed E-state index contributed by atoms with van der Waals surface area (Å²) in [6.45, 7) is 1.69. The van der Waals surface area contributed by atoms with Crippen molar-refractivity contribution in [3.8, 4) is 0 Å². The molecule has 0 aromatic rings. The quantitative estimate of drug-likeness (QED) is 0.663. The van der Waals surface area contributed by atoms with Crippen LogP contribution in [0, 0.1) is 0 Å². The van der Waals surface area contributed by atoms with Crippen LogP contribution in [0.15, 0.2) is 0 Å². The highest BCUT2D eigenvalue weighted by atomic mass is 31.2. The number of ether oxygens (including phenoxy) is 1. The maximum atomic E-state index is 12.1. The Morgan fingerprint density at radius 3 is 2.31 bits per heavy atom. The van der Waals surface area contributed by atoms with Crippen LogP contribution in [-0.2, 0) is 9.30 Å². The highest BCUT2D eigenvalue weighted by molar-refractivity contribution is 7.52. The Kier molecular flexibility index (Phi) is 5.24. The summed E-state index contributed by atoms with van der Waals surface area (Å²) in [4.78, 5) is 27.5. The molecule has 3 N–H and O–H groups in total. The van der Waals surface area contributed by atoms with E-state index in [1.807, 2.05) is 5.32 Å². The van der Waals surface area contributed by atoms with Crippen LogP contribution in [0.5, 0.6) is 0 Å². The number of nitrogens with one attached hydrogen (secondary N) is 1. The Balaban J connectivity index is 4.59. The van der Waals surface area contributed by atoms with Crippen LogP contribution in [0.1, 0.15) is 13.3 Å². The van der Waals surface area contributed by atoms with E-state index in [0.29, 0.717) is 6.42 Å². The van der Waals surface area contributed by atoms with Gasteiger partial charge in [0.2, 0.25) is 0 Å². The molecule has 0 saturated carbocycles. The molecule has 0 rings (SSSR count). The van der Waals surface area contributed by atoms with Crippen molar-refractivity contribution in [1.82, 2.24) is 5.32 Å². The molecular weight excluding hydrogens is 254 g/mol. The fraction of sp³-hybridized carbons (Fsp3) is 0.833. The van der Waals surface area contributed by atoms with Crippen LogP contribution in [0.3, 0.4) is 0 Å². The molecule has 0 aliphatic carbocycles. The number of alkyl carbamates (subject to hydrolysis) is 1. The normalized spacial score (nSPS) is 14.4. The lowest BCUT2D eigenvalue weighted by atomic mass is 10.5. The van der Waals surface area contributed by atoms with Gasteiger partial charge in [0, 0.05) is 6.54 Å². The monoisotopic (exact) mass is 265 g/mol. The average molecular weight is 265 g/mol. The molecule has 1 amide bonds. The second kappa shape index (κ2) is 5.51. The Hall–Kier alpha value is -0.790. The first-order valence-electron chi connectivity index (χ1n) is 4.15. The summed E-state index contributed by atoms with van der Waals surface area (Å²) in [6, 6.07) is 0. The number of amides is 1. The van der Waals surface area contributed by atoms with E-state index in [4.69, 9.17) is 9.79 Å². The lowest BCUT2D eigenvalue weighted by Crippen LogP contribution is -2.37. The van der Waals surface area contributed by atoms with Crippen molar-refractivity contribution in [2.24, 2.45) is 0 Å². The van der Waals surface area contributed by atoms with Gasteiger partial charge in [0.25, 0.3) is 5.85 Å². The first-order chi connectivity index (χ1) is 7.09. The summed E-state index contributed by atoms with van der Waals surface area (Å²) >= 11 is 0. The van der Waals surface area contributed by atoms with Gasteiger partial charge in [0.1, 0.15) is 0 Å². The zero-order valence-corrected chi connectivity index (χ0v) is 9.09. The molecule has 0 aromatic heterocycles. The van der Waals surface area contributed by atoms with E-state index >= 15 is 0 Å². The summed E-state index contributed by atoms with van der Waals surface area (Å²) in [5.74, 6) is -3.43. The minimum absolute atomic E-state index is 0.0462. The van der Waals surface area contributed by atoms with Gasteiger partial charge in [-0.1, -0.05) is 6.92 Å². The van der Waals surface area contributed by atoms with Gasteiger partial charge < -0.3 is 19.8 Å². The molecule has 0 aliphatic rings. The van der Waals surface area contributed by atoms with Gasteiger partial charge in [0.15, 0.2) is 0 Å². The van der Waals surface area contributed by atoms with Crippen LogP contribution in [0.4, 0.5) is 18.0 Å². The molecule has 0 aromatic carbocycles. The smallest absolute Gasteiger partial charge is 0.423 e. The minimum Gasteiger partial charge on any atom is -0.423 e. The predicted octanol–water partition coefficient (Wildman–Crippen LogP) is 1.19. The number of alkyl halides is 3. The average Bonchev–Trinajstić information content (AvgIpc) is 2.07. The lowest BCUT2D eigenvalue weighted by Gasteiger charge is -2.21. The summed E-state index contributed by atoms with van der Waals surface area (Å²) < 4.78 is 50.4. The van der Waals surface area contributed by atoms with Crippen LogP contribution < -0.4 is 5.32 Å². The molecule has 0 aliphatic heterocycles. The van der Waals surface area contributed by atoms with Gasteiger partial charge >= 0.3 is 19.9 Å².